The number of fused-ring (bicyclic) bond motifs is 1. The first-order chi connectivity index (χ1) is 14.1. The van der Waals surface area contributed by atoms with Crippen LogP contribution in [0.15, 0.2) is 42.5 Å². The number of hydrogen-bond acceptors (Lipinski definition) is 4. The van der Waals surface area contributed by atoms with Crippen LogP contribution in [0.25, 0.3) is 0 Å². The molecule has 0 bridgehead atoms. The predicted molar refractivity (Wildman–Crippen MR) is 112 cm³/mol. The van der Waals surface area contributed by atoms with Crippen LogP contribution in [0.1, 0.15) is 18.1 Å². The standard InChI is InChI=1S/C23H28FN3O2/c1-17(23(28)27-10-9-19-5-3-4-6-21(19)27)26-13-11-25(12-14-26)16-18-7-8-22(29-2)20(24)15-18/h3-8,15,17H,9-14,16H2,1-2H3. The predicted octanol–water partition coefficient (Wildman–Crippen LogP) is 2.93. The van der Waals surface area contributed by atoms with Crippen molar-refractivity contribution in [2.75, 3.05) is 44.7 Å². The average Bonchev–Trinajstić information content (AvgIpc) is 3.17. The van der Waals surface area contributed by atoms with Crippen molar-refractivity contribution >= 4 is 11.6 Å². The highest BCUT2D eigenvalue weighted by molar-refractivity contribution is 5.98. The number of piperazine rings is 1. The summed E-state index contributed by atoms with van der Waals surface area (Å²) in [6.45, 7) is 6.88. The molecule has 2 aliphatic rings. The van der Waals surface area contributed by atoms with Crippen molar-refractivity contribution in [2.24, 2.45) is 0 Å². The number of nitrogens with zero attached hydrogens (tertiary/aromatic N) is 3. The van der Waals surface area contributed by atoms with Crippen molar-refractivity contribution in [1.29, 1.82) is 0 Å². The van der Waals surface area contributed by atoms with Gasteiger partial charge in [-0.15, -0.1) is 0 Å². The first kappa shape index (κ1) is 19.9. The summed E-state index contributed by atoms with van der Waals surface area (Å²) in [5.74, 6) is 0.128. The van der Waals surface area contributed by atoms with E-state index in [1.54, 1.807) is 12.1 Å². The molecular formula is C23H28FN3O2. The largest absolute Gasteiger partial charge is 0.494 e. The lowest BCUT2D eigenvalue weighted by molar-refractivity contribution is -0.123. The summed E-state index contributed by atoms with van der Waals surface area (Å²) in [5.41, 5.74) is 3.25. The molecule has 0 saturated carbocycles. The zero-order chi connectivity index (χ0) is 20.4. The van der Waals surface area contributed by atoms with Crippen molar-refractivity contribution in [3.05, 3.63) is 59.4 Å². The van der Waals surface area contributed by atoms with E-state index in [-0.39, 0.29) is 23.5 Å². The Labute approximate surface area is 171 Å². The number of carbonyl (C=O) groups is 1. The van der Waals surface area contributed by atoms with Gasteiger partial charge in [-0.3, -0.25) is 14.6 Å². The second-order valence-corrected chi connectivity index (χ2v) is 7.83. The maximum Gasteiger partial charge on any atom is 0.244 e. The van der Waals surface area contributed by atoms with Crippen LogP contribution in [-0.2, 0) is 17.8 Å². The number of rotatable bonds is 5. The van der Waals surface area contributed by atoms with E-state index in [1.165, 1.54) is 12.7 Å². The Balaban J connectivity index is 1.32. The van der Waals surface area contributed by atoms with E-state index in [0.717, 1.165) is 50.4 Å². The normalized spacial score (nSPS) is 18.5. The topological polar surface area (TPSA) is 36.0 Å². The minimum atomic E-state index is -0.325. The Kier molecular flexibility index (Phi) is 5.83. The number of amides is 1. The van der Waals surface area contributed by atoms with E-state index in [0.29, 0.717) is 6.54 Å². The third kappa shape index (κ3) is 4.14. The van der Waals surface area contributed by atoms with Gasteiger partial charge in [-0.25, -0.2) is 4.39 Å². The molecule has 2 aromatic rings. The third-order valence-electron chi connectivity index (χ3n) is 6.09. The van der Waals surface area contributed by atoms with Gasteiger partial charge in [0, 0.05) is 45.0 Å². The van der Waals surface area contributed by atoms with E-state index in [9.17, 15) is 9.18 Å². The number of ether oxygens (including phenoxy) is 1. The Morgan fingerprint density at radius 2 is 1.86 bits per heavy atom. The fourth-order valence-corrected chi connectivity index (χ4v) is 4.32. The van der Waals surface area contributed by atoms with Crippen LogP contribution in [0.4, 0.5) is 10.1 Å². The highest BCUT2D eigenvalue weighted by Crippen LogP contribution is 2.28. The minimum Gasteiger partial charge on any atom is -0.494 e. The van der Waals surface area contributed by atoms with Gasteiger partial charge in [0.1, 0.15) is 0 Å². The first-order valence-corrected chi connectivity index (χ1v) is 10.2. The summed E-state index contributed by atoms with van der Waals surface area (Å²) < 4.78 is 18.9. The van der Waals surface area contributed by atoms with Crippen molar-refractivity contribution in [3.63, 3.8) is 0 Å². The number of methoxy groups -OCH3 is 1. The van der Waals surface area contributed by atoms with Gasteiger partial charge in [-0.1, -0.05) is 24.3 Å². The molecule has 5 nitrogen and oxygen atoms in total. The fourth-order valence-electron chi connectivity index (χ4n) is 4.32. The molecule has 1 amide bonds. The van der Waals surface area contributed by atoms with Crippen molar-refractivity contribution in [1.82, 2.24) is 9.80 Å². The van der Waals surface area contributed by atoms with E-state index in [1.807, 2.05) is 36.1 Å². The van der Waals surface area contributed by atoms with Gasteiger partial charge in [0.15, 0.2) is 11.6 Å². The highest BCUT2D eigenvalue weighted by atomic mass is 19.1. The second-order valence-electron chi connectivity index (χ2n) is 7.83. The maximum atomic E-state index is 13.9. The maximum absolute atomic E-state index is 13.9. The zero-order valence-corrected chi connectivity index (χ0v) is 17.1. The number of para-hydroxylation sites is 1. The number of halogens is 1. The molecule has 0 spiro atoms. The number of hydrogen-bond donors (Lipinski definition) is 0. The molecule has 2 heterocycles. The van der Waals surface area contributed by atoms with Gasteiger partial charge in [0.25, 0.3) is 0 Å². The quantitative estimate of drug-likeness (QED) is 0.777. The van der Waals surface area contributed by atoms with Gasteiger partial charge in [-0.05, 0) is 42.7 Å². The molecule has 0 N–H and O–H groups in total. The minimum absolute atomic E-state index is 0.137. The lowest BCUT2D eigenvalue weighted by Gasteiger charge is -2.38. The van der Waals surface area contributed by atoms with E-state index in [4.69, 9.17) is 4.74 Å². The average molecular weight is 397 g/mol. The summed E-state index contributed by atoms with van der Waals surface area (Å²) in [4.78, 5) is 19.6. The molecule has 1 unspecified atom stereocenters. The third-order valence-corrected chi connectivity index (χ3v) is 6.09. The summed E-state index contributed by atoms with van der Waals surface area (Å²) in [7, 11) is 1.47. The molecule has 0 aliphatic carbocycles. The SMILES string of the molecule is COc1ccc(CN2CCN(C(C)C(=O)N3CCc4ccccc43)CC2)cc1F. The molecule has 154 valence electrons. The van der Waals surface area contributed by atoms with Crippen molar-refractivity contribution < 1.29 is 13.9 Å². The number of carbonyl (C=O) groups excluding carboxylic acids is 1. The molecule has 2 aliphatic heterocycles. The molecule has 6 heteroatoms. The fraction of sp³-hybridized carbons (Fsp3) is 0.435. The number of benzene rings is 2. The van der Waals surface area contributed by atoms with Crippen molar-refractivity contribution in [2.45, 2.75) is 25.9 Å². The molecule has 29 heavy (non-hydrogen) atoms. The Morgan fingerprint density at radius 1 is 1.10 bits per heavy atom. The molecule has 1 atom stereocenters. The van der Waals surface area contributed by atoms with E-state index in [2.05, 4.69) is 15.9 Å². The molecule has 2 aromatic carbocycles. The van der Waals surface area contributed by atoms with Gasteiger partial charge >= 0.3 is 0 Å². The number of anilines is 1. The van der Waals surface area contributed by atoms with Gasteiger partial charge in [-0.2, -0.15) is 0 Å². The summed E-state index contributed by atoms with van der Waals surface area (Å²) in [6.07, 6.45) is 0.931. The zero-order valence-electron chi connectivity index (χ0n) is 17.1. The first-order valence-electron chi connectivity index (χ1n) is 10.2. The van der Waals surface area contributed by atoms with Gasteiger partial charge in [0.05, 0.1) is 13.2 Å². The highest BCUT2D eigenvalue weighted by Gasteiger charge is 2.32. The Bertz CT molecular complexity index is 880. The molecule has 1 fully saturated rings. The van der Waals surface area contributed by atoms with Crippen molar-refractivity contribution in [3.8, 4) is 5.75 Å². The summed E-state index contributed by atoms with van der Waals surface area (Å²) in [6, 6.07) is 13.2. The van der Waals surface area contributed by atoms with Crippen LogP contribution in [0.5, 0.6) is 5.75 Å². The van der Waals surface area contributed by atoms with Gasteiger partial charge in [0.2, 0.25) is 5.91 Å². The van der Waals surface area contributed by atoms with Crippen LogP contribution in [0, 0.1) is 5.82 Å². The van der Waals surface area contributed by atoms with E-state index >= 15 is 0 Å². The smallest absolute Gasteiger partial charge is 0.244 e. The Morgan fingerprint density at radius 3 is 2.59 bits per heavy atom. The van der Waals surface area contributed by atoms with Crippen LogP contribution >= 0.6 is 0 Å². The molecule has 4 rings (SSSR count). The van der Waals surface area contributed by atoms with Gasteiger partial charge < -0.3 is 9.64 Å². The van der Waals surface area contributed by atoms with Crippen LogP contribution in [-0.4, -0.2) is 61.6 Å². The summed E-state index contributed by atoms with van der Waals surface area (Å²) in [5, 5.41) is 0. The van der Waals surface area contributed by atoms with E-state index < -0.39 is 0 Å². The molecule has 0 radical (unpaired) electrons. The van der Waals surface area contributed by atoms with Crippen LogP contribution in [0.2, 0.25) is 0 Å². The molecule has 0 aromatic heterocycles. The van der Waals surface area contributed by atoms with Crippen LogP contribution < -0.4 is 9.64 Å². The lowest BCUT2D eigenvalue weighted by Crippen LogP contribution is -2.54. The Hall–Kier alpha value is -2.44. The lowest BCUT2D eigenvalue weighted by atomic mass is 10.1. The van der Waals surface area contributed by atoms with Crippen LogP contribution in [0.3, 0.4) is 0 Å². The summed E-state index contributed by atoms with van der Waals surface area (Å²) >= 11 is 0. The monoisotopic (exact) mass is 397 g/mol. The molecular weight excluding hydrogens is 369 g/mol. The molecule has 1 saturated heterocycles. The second kappa shape index (κ2) is 8.51.